The SMILES string of the molecule is CCCc1cc(C(=O)Nc2ccc3c(c2)C2(COC(N)=N2)C2(COC2)C(C)(C)O3)no1. The monoisotopic (exact) mass is 426 g/mol. The molecule has 0 radical (unpaired) electrons. The zero-order chi connectivity index (χ0) is 21.9. The Labute approximate surface area is 179 Å². The summed E-state index contributed by atoms with van der Waals surface area (Å²) in [5.41, 5.74) is 5.89. The molecule has 3 aliphatic rings. The van der Waals surface area contributed by atoms with Gasteiger partial charge in [-0.1, -0.05) is 12.1 Å². The number of nitrogens with zero attached hydrogens (tertiary/aromatic N) is 2. The van der Waals surface area contributed by atoms with E-state index in [9.17, 15) is 4.79 Å². The van der Waals surface area contributed by atoms with E-state index in [-0.39, 0.29) is 17.6 Å². The van der Waals surface area contributed by atoms with Gasteiger partial charge in [0.05, 0.1) is 18.6 Å². The third-order valence-corrected chi connectivity index (χ3v) is 6.71. The fourth-order valence-corrected chi connectivity index (χ4v) is 4.83. The lowest BCUT2D eigenvalue weighted by Crippen LogP contribution is -2.71. The van der Waals surface area contributed by atoms with Crippen LogP contribution in [-0.4, -0.2) is 42.5 Å². The summed E-state index contributed by atoms with van der Waals surface area (Å²) in [6, 6.07) is 7.33. The molecule has 1 atom stereocenters. The molecule has 0 bridgehead atoms. The van der Waals surface area contributed by atoms with Crippen molar-refractivity contribution in [1.29, 1.82) is 0 Å². The first-order chi connectivity index (χ1) is 14.8. The lowest BCUT2D eigenvalue weighted by Gasteiger charge is -2.61. The Kier molecular flexibility index (Phi) is 4.30. The van der Waals surface area contributed by atoms with Crippen molar-refractivity contribution in [2.75, 3.05) is 25.1 Å². The first-order valence-electron chi connectivity index (χ1n) is 10.5. The molecule has 5 rings (SSSR count). The first-order valence-corrected chi connectivity index (χ1v) is 10.5. The van der Waals surface area contributed by atoms with E-state index >= 15 is 0 Å². The van der Waals surface area contributed by atoms with E-state index in [4.69, 9.17) is 29.5 Å². The summed E-state index contributed by atoms with van der Waals surface area (Å²) in [5.74, 6) is 1.03. The number of hydrogen-bond donors (Lipinski definition) is 2. The number of anilines is 1. The zero-order valence-corrected chi connectivity index (χ0v) is 17.9. The lowest BCUT2D eigenvalue weighted by molar-refractivity contribution is -0.247. The van der Waals surface area contributed by atoms with Crippen molar-refractivity contribution in [2.24, 2.45) is 16.1 Å². The molecule has 4 heterocycles. The molecule has 1 amide bonds. The number of nitrogens with two attached hydrogens (primary N) is 1. The summed E-state index contributed by atoms with van der Waals surface area (Å²) in [4.78, 5) is 17.5. The van der Waals surface area contributed by atoms with Crippen molar-refractivity contribution >= 4 is 17.6 Å². The Balaban J connectivity index is 1.52. The van der Waals surface area contributed by atoms with Gasteiger partial charge < -0.3 is 29.8 Å². The molecule has 1 fully saturated rings. The number of carbonyl (C=O) groups excluding carboxylic acids is 1. The molecule has 3 aliphatic heterocycles. The minimum atomic E-state index is -0.755. The normalized spacial score (nSPS) is 24.7. The molecule has 9 nitrogen and oxygen atoms in total. The number of aryl methyl sites for hydroxylation is 1. The predicted octanol–water partition coefficient (Wildman–Crippen LogP) is 2.61. The molecular weight excluding hydrogens is 400 g/mol. The van der Waals surface area contributed by atoms with E-state index in [1.165, 1.54) is 0 Å². The lowest BCUT2D eigenvalue weighted by atomic mass is 9.55. The molecule has 31 heavy (non-hydrogen) atoms. The first kappa shape index (κ1) is 19.9. The Morgan fingerprint density at radius 3 is 2.68 bits per heavy atom. The van der Waals surface area contributed by atoms with Crippen LogP contribution in [-0.2, 0) is 21.4 Å². The summed E-state index contributed by atoms with van der Waals surface area (Å²) < 4.78 is 22.9. The van der Waals surface area contributed by atoms with E-state index in [1.807, 2.05) is 32.9 Å². The van der Waals surface area contributed by atoms with Crippen LogP contribution < -0.4 is 15.8 Å². The maximum absolute atomic E-state index is 12.7. The van der Waals surface area contributed by atoms with Crippen LogP contribution in [0.2, 0.25) is 0 Å². The largest absolute Gasteiger partial charge is 0.487 e. The van der Waals surface area contributed by atoms with Crippen LogP contribution in [0.3, 0.4) is 0 Å². The fourth-order valence-electron chi connectivity index (χ4n) is 4.83. The van der Waals surface area contributed by atoms with Crippen molar-refractivity contribution in [3.8, 4) is 5.75 Å². The molecule has 2 spiro atoms. The van der Waals surface area contributed by atoms with Crippen molar-refractivity contribution in [1.82, 2.24) is 5.16 Å². The Hall–Kier alpha value is -3.07. The second kappa shape index (κ2) is 6.71. The molecule has 1 unspecified atom stereocenters. The number of aromatic nitrogens is 1. The van der Waals surface area contributed by atoms with Crippen molar-refractivity contribution < 1.29 is 23.5 Å². The molecule has 1 aromatic heterocycles. The average molecular weight is 426 g/mol. The summed E-state index contributed by atoms with van der Waals surface area (Å²) in [5, 5.41) is 6.77. The van der Waals surface area contributed by atoms with Gasteiger partial charge >= 0.3 is 0 Å². The Morgan fingerprint density at radius 1 is 1.23 bits per heavy atom. The minimum Gasteiger partial charge on any atom is -0.487 e. The van der Waals surface area contributed by atoms with Crippen molar-refractivity contribution in [3.63, 3.8) is 0 Å². The second-order valence-electron chi connectivity index (χ2n) is 8.88. The summed E-state index contributed by atoms with van der Waals surface area (Å²) in [6.45, 7) is 7.38. The molecule has 0 aliphatic carbocycles. The van der Waals surface area contributed by atoms with Crippen LogP contribution in [0.4, 0.5) is 5.69 Å². The highest BCUT2D eigenvalue weighted by Gasteiger charge is 2.71. The number of rotatable bonds is 4. The summed E-state index contributed by atoms with van der Waals surface area (Å²) >= 11 is 0. The van der Waals surface area contributed by atoms with Crippen molar-refractivity contribution in [2.45, 2.75) is 44.8 Å². The van der Waals surface area contributed by atoms with E-state index in [1.54, 1.807) is 12.1 Å². The number of amides is 1. The number of amidine groups is 1. The van der Waals surface area contributed by atoms with Crippen LogP contribution in [0.15, 0.2) is 33.8 Å². The third-order valence-electron chi connectivity index (χ3n) is 6.71. The standard InChI is InChI=1S/C22H26N4O5/c1-4-5-14-9-16(26-31-14)18(27)24-13-6-7-17-15(8-13)22(12-29-19(23)25-22)21(10-28-11-21)20(2,3)30-17/h6-9H,4-5,10-12H2,1-3H3,(H2,23,25)(H,24,27). The average Bonchev–Trinajstić information content (AvgIpc) is 3.29. The molecular formula is C22H26N4O5. The van der Waals surface area contributed by atoms with Gasteiger partial charge in [-0.3, -0.25) is 4.79 Å². The van der Waals surface area contributed by atoms with Gasteiger partial charge in [-0.15, -0.1) is 0 Å². The van der Waals surface area contributed by atoms with Gasteiger partial charge in [0.15, 0.2) is 5.69 Å². The van der Waals surface area contributed by atoms with E-state index in [0.717, 1.165) is 18.4 Å². The quantitative estimate of drug-likeness (QED) is 0.771. The highest BCUT2D eigenvalue weighted by Crippen LogP contribution is 2.62. The maximum atomic E-state index is 12.7. The number of aliphatic imine (C=N–C) groups is 1. The van der Waals surface area contributed by atoms with Crippen LogP contribution >= 0.6 is 0 Å². The number of fused-ring (bicyclic) bond motifs is 3. The predicted molar refractivity (Wildman–Crippen MR) is 112 cm³/mol. The van der Waals surface area contributed by atoms with Gasteiger partial charge in [-0.05, 0) is 38.5 Å². The number of ether oxygens (including phenoxy) is 3. The van der Waals surface area contributed by atoms with Gasteiger partial charge in [0.2, 0.25) is 0 Å². The number of benzene rings is 1. The van der Waals surface area contributed by atoms with Gasteiger partial charge in [0, 0.05) is 23.7 Å². The number of carbonyl (C=O) groups is 1. The highest BCUT2D eigenvalue weighted by atomic mass is 16.5. The van der Waals surface area contributed by atoms with E-state index < -0.39 is 16.6 Å². The van der Waals surface area contributed by atoms with Crippen LogP contribution in [0.5, 0.6) is 5.75 Å². The topological polar surface area (TPSA) is 121 Å². The smallest absolute Gasteiger partial charge is 0.283 e. The highest BCUT2D eigenvalue weighted by molar-refractivity contribution is 6.03. The number of hydrogen-bond acceptors (Lipinski definition) is 8. The van der Waals surface area contributed by atoms with E-state index in [2.05, 4.69) is 10.5 Å². The Bertz CT molecular complexity index is 1070. The molecule has 9 heteroatoms. The Morgan fingerprint density at radius 2 is 2.03 bits per heavy atom. The molecule has 0 saturated carbocycles. The summed E-state index contributed by atoms with van der Waals surface area (Å²) in [6.07, 6.45) is 1.65. The molecule has 2 aromatic rings. The molecule has 3 N–H and O–H groups in total. The van der Waals surface area contributed by atoms with Gasteiger partial charge in [0.25, 0.3) is 11.9 Å². The van der Waals surface area contributed by atoms with Crippen LogP contribution in [0.25, 0.3) is 0 Å². The van der Waals surface area contributed by atoms with Gasteiger partial charge in [0.1, 0.15) is 29.3 Å². The summed E-state index contributed by atoms with van der Waals surface area (Å²) in [7, 11) is 0. The third kappa shape index (κ3) is 2.76. The number of nitrogens with one attached hydrogen (secondary N) is 1. The van der Waals surface area contributed by atoms with E-state index in [0.29, 0.717) is 37.0 Å². The minimum absolute atomic E-state index is 0.149. The fraction of sp³-hybridized carbons (Fsp3) is 0.500. The van der Waals surface area contributed by atoms with Crippen molar-refractivity contribution in [3.05, 3.63) is 41.3 Å². The maximum Gasteiger partial charge on any atom is 0.283 e. The van der Waals surface area contributed by atoms with Gasteiger partial charge in [-0.2, -0.15) is 0 Å². The van der Waals surface area contributed by atoms with Crippen LogP contribution in [0, 0.1) is 5.41 Å². The second-order valence-corrected chi connectivity index (χ2v) is 8.88. The molecule has 1 saturated heterocycles. The molecule has 1 aromatic carbocycles. The molecule has 164 valence electrons. The zero-order valence-electron chi connectivity index (χ0n) is 17.9. The van der Waals surface area contributed by atoms with Crippen LogP contribution in [0.1, 0.15) is 49.0 Å². The van der Waals surface area contributed by atoms with Gasteiger partial charge in [-0.25, -0.2) is 4.99 Å².